The SMILES string of the molecule is COOC(=O)N(C)C. The monoisotopic (exact) mass is 119 g/mol. The van der Waals surface area contributed by atoms with Gasteiger partial charge in [-0.3, -0.25) is 4.89 Å². The third-order valence-corrected chi connectivity index (χ3v) is 0.520. The van der Waals surface area contributed by atoms with Gasteiger partial charge in [0, 0.05) is 14.1 Å². The second kappa shape index (κ2) is 3.26. The van der Waals surface area contributed by atoms with Crippen molar-refractivity contribution >= 4 is 6.09 Å². The van der Waals surface area contributed by atoms with Crippen molar-refractivity contribution in [3.8, 4) is 0 Å². The van der Waals surface area contributed by atoms with Gasteiger partial charge in [-0.25, -0.2) is 4.79 Å². The Morgan fingerprint density at radius 2 is 2.00 bits per heavy atom. The van der Waals surface area contributed by atoms with E-state index in [1.54, 1.807) is 14.1 Å². The van der Waals surface area contributed by atoms with E-state index in [4.69, 9.17) is 0 Å². The number of rotatable bonds is 1. The molecule has 8 heavy (non-hydrogen) atoms. The minimum Gasteiger partial charge on any atom is -0.312 e. The minimum absolute atomic E-state index is 0.507. The Bertz CT molecular complexity index is 81.4. The summed E-state index contributed by atoms with van der Waals surface area (Å²) in [5.74, 6) is 0. The number of amides is 1. The molecule has 0 fully saturated rings. The van der Waals surface area contributed by atoms with Gasteiger partial charge >= 0.3 is 6.09 Å². The first-order valence-electron chi connectivity index (χ1n) is 2.10. The van der Waals surface area contributed by atoms with Crippen LogP contribution in [0.1, 0.15) is 0 Å². The molecule has 0 rings (SSSR count). The summed E-state index contributed by atoms with van der Waals surface area (Å²) in [6.07, 6.45) is -0.507. The van der Waals surface area contributed by atoms with Gasteiger partial charge < -0.3 is 4.90 Å². The van der Waals surface area contributed by atoms with Crippen LogP contribution in [0.25, 0.3) is 0 Å². The molecular formula is C4H9NO3. The van der Waals surface area contributed by atoms with Crippen molar-refractivity contribution in [2.24, 2.45) is 0 Å². The Hall–Kier alpha value is -0.770. The highest BCUT2D eigenvalue weighted by Crippen LogP contribution is 1.82. The zero-order chi connectivity index (χ0) is 6.57. The van der Waals surface area contributed by atoms with Crippen LogP contribution in [0.4, 0.5) is 4.79 Å². The molecule has 48 valence electrons. The van der Waals surface area contributed by atoms with Gasteiger partial charge in [-0.1, -0.05) is 0 Å². The molecular weight excluding hydrogens is 110 g/mol. The quantitative estimate of drug-likeness (QED) is 0.366. The summed E-state index contributed by atoms with van der Waals surface area (Å²) in [5.41, 5.74) is 0. The average Bonchev–Trinajstić information content (AvgIpc) is 1.67. The van der Waals surface area contributed by atoms with E-state index >= 15 is 0 Å². The first-order chi connectivity index (χ1) is 3.68. The predicted molar refractivity (Wildman–Crippen MR) is 27.2 cm³/mol. The summed E-state index contributed by atoms with van der Waals surface area (Å²) in [4.78, 5) is 19.8. The Balaban J connectivity index is 3.33. The third kappa shape index (κ3) is 2.41. The van der Waals surface area contributed by atoms with E-state index in [-0.39, 0.29) is 0 Å². The molecule has 0 aliphatic heterocycles. The summed E-state index contributed by atoms with van der Waals surface area (Å²) >= 11 is 0. The van der Waals surface area contributed by atoms with Crippen LogP contribution in [0.15, 0.2) is 0 Å². The summed E-state index contributed by atoms with van der Waals surface area (Å²) in [5, 5.41) is 0. The van der Waals surface area contributed by atoms with Crippen LogP contribution in [0.2, 0.25) is 0 Å². The fraction of sp³-hybridized carbons (Fsp3) is 0.750. The molecule has 0 N–H and O–H groups in total. The molecule has 0 atom stereocenters. The number of nitrogens with zero attached hydrogens (tertiary/aromatic N) is 1. The van der Waals surface area contributed by atoms with Gasteiger partial charge in [-0.05, 0) is 0 Å². The summed E-state index contributed by atoms with van der Waals surface area (Å²) < 4.78 is 0. The van der Waals surface area contributed by atoms with Gasteiger partial charge in [0.2, 0.25) is 0 Å². The van der Waals surface area contributed by atoms with Gasteiger partial charge in [0.05, 0.1) is 7.11 Å². The van der Waals surface area contributed by atoms with Crippen LogP contribution in [0.5, 0.6) is 0 Å². The lowest BCUT2D eigenvalue weighted by molar-refractivity contribution is -0.219. The van der Waals surface area contributed by atoms with E-state index in [0.717, 1.165) is 0 Å². The molecule has 0 aromatic heterocycles. The first kappa shape index (κ1) is 7.23. The van der Waals surface area contributed by atoms with Crippen LogP contribution < -0.4 is 0 Å². The molecule has 0 spiro atoms. The van der Waals surface area contributed by atoms with Crippen LogP contribution in [0, 0.1) is 0 Å². The Kier molecular flexibility index (Phi) is 2.95. The summed E-state index contributed by atoms with van der Waals surface area (Å²) in [6.45, 7) is 0. The average molecular weight is 119 g/mol. The Morgan fingerprint density at radius 3 is 2.12 bits per heavy atom. The molecule has 0 unspecified atom stereocenters. The van der Waals surface area contributed by atoms with Gasteiger partial charge in [0.25, 0.3) is 0 Å². The highest BCUT2D eigenvalue weighted by atomic mass is 17.2. The molecule has 0 aromatic rings. The fourth-order valence-corrected chi connectivity index (χ4v) is 0.146. The van der Waals surface area contributed by atoms with Crippen molar-refractivity contribution in [2.45, 2.75) is 0 Å². The van der Waals surface area contributed by atoms with Crippen molar-refractivity contribution < 1.29 is 14.6 Å². The van der Waals surface area contributed by atoms with Crippen molar-refractivity contribution in [3.05, 3.63) is 0 Å². The molecule has 0 bridgehead atoms. The zero-order valence-corrected chi connectivity index (χ0v) is 5.17. The van der Waals surface area contributed by atoms with Gasteiger partial charge in [-0.2, -0.15) is 4.89 Å². The Morgan fingerprint density at radius 1 is 1.50 bits per heavy atom. The van der Waals surface area contributed by atoms with Crippen LogP contribution in [-0.2, 0) is 9.78 Å². The number of hydrogen-bond donors (Lipinski definition) is 0. The highest BCUT2D eigenvalue weighted by Gasteiger charge is 2.01. The molecule has 1 amide bonds. The topological polar surface area (TPSA) is 38.8 Å². The van der Waals surface area contributed by atoms with Crippen molar-refractivity contribution in [1.29, 1.82) is 0 Å². The van der Waals surface area contributed by atoms with Crippen LogP contribution in [-0.4, -0.2) is 32.2 Å². The van der Waals surface area contributed by atoms with Gasteiger partial charge in [-0.15, -0.1) is 0 Å². The lowest BCUT2D eigenvalue weighted by Crippen LogP contribution is -2.22. The third-order valence-electron chi connectivity index (χ3n) is 0.520. The molecule has 0 saturated carbocycles. The second-order valence-electron chi connectivity index (χ2n) is 1.41. The molecule has 0 radical (unpaired) electrons. The summed E-state index contributed by atoms with van der Waals surface area (Å²) in [7, 11) is 4.42. The molecule has 0 heterocycles. The largest absolute Gasteiger partial charge is 0.440 e. The van der Waals surface area contributed by atoms with E-state index in [1.807, 2.05) is 0 Å². The normalized spacial score (nSPS) is 8.38. The van der Waals surface area contributed by atoms with Crippen LogP contribution in [0.3, 0.4) is 0 Å². The number of hydrogen-bond acceptors (Lipinski definition) is 3. The minimum atomic E-state index is -0.507. The van der Waals surface area contributed by atoms with Gasteiger partial charge in [0.1, 0.15) is 0 Å². The van der Waals surface area contributed by atoms with E-state index < -0.39 is 6.09 Å². The smallest absolute Gasteiger partial charge is 0.312 e. The number of carbonyl (C=O) groups excluding carboxylic acids is 1. The molecule has 0 aromatic carbocycles. The summed E-state index contributed by atoms with van der Waals surface area (Å²) in [6, 6.07) is 0. The lowest BCUT2D eigenvalue weighted by Gasteiger charge is -2.06. The molecule has 0 saturated heterocycles. The van der Waals surface area contributed by atoms with E-state index in [0.29, 0.717) is 0 Å². The van der Waals surface area contributed by atoms with Crippen molar-refractivity contribution in [2.75, 3.05) is 21.2 Å². The Labute approximate surface area is 47.9 Å². The molecule has 4 nitrogen and oxygen atoms in total. The van der Waals surface area contributed by atoms with Crippen molar-refractivity contribution in [1.82, 2.24) is 4.90 Å². The van der Waals surface area contributed by atoms with E-state index in [9.17, 15) is 4.79 Å². The van der Waals surface area contributed by atoms with E-state index in [1.165, 1.54) is 12.0 Å². The number of carbonyl (C=O) groups is 1. The second-order valence-corrected chi connectivity index (χ2v) is 1.41. The zero-order valence-electron chi connectivity index (χ0n) is 5.17. The maximum atomic E-state index is 10.3. The van der Waals surface area contributed by atoms with Gasteiger partial charge in [0.15, 0.2) is 0 Å². The maximum Gasteiger partial charge on any atom is 0.440 e. The highest BCUT2D eigenvalue weighted by molar-refractivity contribution is 5.65. The standard InChI is InChI=1S/C4H9NO3/c1-5(2)4(6)8-7-3/h1-3H3. The maximum absolute atomic E-state index is 10.3. The molecule has 0 aliphatic rings. The van der Waals surface area contributed by atoms with Crippen LogP contribution >= 0.6 is 0 Å². The fourth-order valence-electron chi connectivity index (χ4n) is 0.146. The molecule has 0 aliphatic carbocycles. The predicted octanol–water partition coefficient (Wildman–Crippen LogP) is 0.246. The van der Waals surface area contributed by atoms with E-state index in [2.05, 4.69) is 9.78 Å². The molecule has 4 heteroatoms. The lowest BCUT2D eigenvalue weighted by atomic mass is 10.9. The van der Waals surface area contributed by atoms with Crippen molar-refractivity contribution in [3.63, 3.8) is 0 Å². The first-order valence-corrected chi connectivity index (χ1v) is 2.10.